The lowest BCUT2D eigenvalue weighted by Gasteiger charge is -2.23. The van der Waals surface area contributed by atoms with Crippen molar-refractivity contribution in [2.75, 3.05) is 45.3 Å². The number of thiazole rings is 1. The summed E-state index contributed by atoms with van der Waals surface area (Å²) in [6.45, 7) is 2.36. The van der Waals surface area contributed by atoms with Crippen LogP contribution >= 0.6 is 22.9 Å². The third-order valence-corrected chi connectivity index (χ3v) is 5.01. The maximum absolute atomic E-state index is 12.9. The number of fused-ring (bicyclic) bond motifs is 1. The molecule has 0 spiro atoms. The molecule has 0 bridgehead atoms. The van der Waals surface area contributed by atoms with Gasteiger partial charge < -0.3 is 14.4 Å². The summed E-state index contributed by atoms with van der Waals surface area (Å²) in [5.74, 6) is -0.000604. The summed E-state index contributed by atoms with van der Waals surface area (Å²) in [5, 5.41) is 1.30. The Morgan fingerprint density at radius 1 is 1.40 bits per heavy atom. The monoisotopic (exact) mass is 382 g/mol. The molecule has 2 heterocycles. The maximum atomic E-state index is 12.9. The van der Waals surface area contributed by atoms with Crippen molar-refractivity contribution < 1.29 is 19.2 Å². The summed E-state index contributed by atoms with van der Waals surface area (Å²) in [6, 6.07) is 5.53. The van der Waals surface area contributed by atoms with Crippen LogP contribution in [0.3, 0.4) is 0 Å². The van der Waals surface area contributed by atoms with E-state index in [-0.39, 0.29) is 11.7 Å². The van der Waals surface area contributed by atoms with Crippen LogP contribution in [0.2, 0.25) is 5.02 Å². The predicted octanol–water partition coefficient (Wildman–Crippen LogP) is 1.71. The number of quaternary nitrogens is 1. The summed E-state index contributed by atoms with van der Waals surface area (Å²) >= 11 is 7.51. The van der Waals surface area contributed by atoms with E-state index < -0.39 is 0 Å². The van der Waals surface area contributed by atoms with Gasteiger partial charge in [-0.05, 0) is 18.2 Å². The Labute approximate surface area is 155 Å². The number of nitrogens with zero attached hydrogens (tertiary/aromatic N) is 2. The summed E-state index contributed by atoms with van der Waals surface area (Å²) in [7, 11) is 4.18. The van der Waals surface area contributed by atoms with Gasteiger partial charge in [-0.15, -0.1) is 0 Å². The first kappa shape index (κ1) is 18.0. The Bertz CT molecular complexity index is 791. The lowest BCUT2D eigenvalue weighted by Crippen LogP contribution is -3.05. The van der Waals surface area contributed by atoms with Crippen molar-refractivity contribution in [1.29, 1.82) is 0 Å². The van der Waals surface area contributed by atoms with Crippen LogP contribution in [0.25, 0.3) is 10.2 Å². The van der Waals surface area contributed by atoms with Crippen LogP contribution in [-0.2, 0) is 14.3 Å². The van der Waals surface area contributed by atoms with Crippen molar-refractivity contribution in [3.8, 4) is 0 Å². The Kier molecular flexibility index (Phi) is 5.78. The molecule has 0 radical (unpaired) electrons. The molecule has 3 rings (SSSR count). The average Bonchev–Trinajstić information content (AvgIpc) is 3.01. The number of amides is 1. The first-order valence-electron chi connectivity index (χ1n) is 8.16. The molecule has 0 saturated heterocycles. The zero-order chi connectivity index (χ0) is 17.8. The van der Waals surface area contributed by atoms with E-state index in [1.54, 1.807) is 11.0 Å². The van der Waals surface area contributed by atoms with Gasteiger partial charge in [-0.1, -0.05) is 22.9 Å². The van der Waals surface area contributed by atoms with Crippen LogP contribution < -0.4 is 9.80 Å². The third-order valence-electron chi connectivity index (χ3n) is 3.73. The van der Waals surface area contributed by atoms with Gasteiger partial charge in [0.15, 0.2) is 5.13 Å². The molecule has 1 aliphatic heterocycles. The molecule has 0 unspecified atom stereocenters. The Morgan fingerprint density at radius 3 is 2.96 bits per heavy atom. The summed E-state index contributed by atoms with van der Waals surface area (Å²) in [5.41, 5.74) is 0.829. The molecule has 134 valence electrons. The molecule has 1 aromatic carbocycles. The van der Waals surface area contributed by atoms with Gasteiger partial charge in [0.05, 0.1) is 30.9 Å². The van der Waals surface area contributed by atoms with Gasteiger partial charge in [0, 0.05) is 18.0 Å². The van der Waals surface area contributed by atoms with Crippen molar-refractivity contribution in [2.45, 2.75) is 6.42 Å². The number of ether oxygens (including phenoxy) is 2. The van der Waals surface area contributed by atoms with Gasteiger partial charge >= 0.3 is 0 Å². The molecular formula is C17H21ClN3O3S+. The first-order valence-corrected chi connectivity index (χ1v) is 9.35. The van der Waals surface area contributed by atoms with E-state index in [9.17, 15) is 4.79 Å². The van der Waals surface area contributed by atoms with Gasteiger partial charge in [-0.25, -0.2) is 4.98 Å². The van der Waals surface area contributed by atoms with E-state index in [2.05, 4.69) is 19.1 Å². The topological polar surface area (TPSA) is 56.1 Å². The molecule has 2 aromatic rings. The molecule has 1 aromatic heterocycles. The second-order valence-corrected chi connectivity index (χ2v) is 7.52. The molecule has 0 saturated carbocycles. The highest BCUT2D eigenvalue weighted by atomic mass is 35.5. The van der Waals surface area contributed by atoms with E-state index in [1.807, 2.05) is 12.1 Å². The number of carbonyl (C=O) groups is 1. The minimum Gasteiger partial charge on any atom is -0.494 e. The average molecular weight is 383 g/mol. The fourth-order valence-electron chi connectivity index (χ4n) is 2.49. The summed E-state index contributed by atoms with van der Waals surface area (Å²) in [4.78, 5) is 20.5. The minimum absolute atomic E-state index is 0.223. The van der Waals surface area contributed by atoms with Gasteiger partial charge in [0.25, 0.3) is 5.91 Å². The maximum Gasteiger partial charge on any atom is 0.298 e. The Balaban J connectivity index is 1.88. The number of hydrogen-bond acceptors (Lipinski definition) is 5. The zero-order valence-electron chi connectivity index (χ0n) is 14.3. The van der Waals surface area contributed by atoms with E-state index in [0.29, 0.717) is 29.9 Å². The van der Waals surface area contributed by atoms with Crippen molar-refractivity contribution in [3.63, 3.8) is 0 Å². The molecule has 1 N–H and O–H groups in total. The number of aromatic nitrogens is 1. The molecule has 6 nitrogen and oxygen atoms in total. The van der Waals surface area contributed by atoms with Crippen LogP contribution in [-0.4, -0.2) is 51.3 Å². The van der Waals surface area contributed by atoms with E-state index >= 15 is 0 Å². The highest BCUT2D eigenvalue weighted by molar-refractivity contribution is 7.22. The van der Waals surface area contributed by atoms with Crippen LogP contribution in [0.5, 0.6) is 0 Å². The molecule has 0 fully saturated rings. The van der Waals surface area contributed by atoms with Gasteiger partial charge in [-0.2, -0.15) is 0 Å². The molecule has 25 heavy (non-hydrogen) atoms. The highest BCUT2D eigenvalue weighted by Crippen LogP contribution is 2.31. The Hall–Kier alpha value is -1.83. The molecule has 8 heteroatoms. The normalized spacial score (nSPS) is 14.2. The van der Waals surface area contributed by atoms with E-state index in [0.717, 1.165) is 23.2 Å². The van der Waals surface area contributed by atoms with Gasteiger partial charge in [0.1, 0.15) is 19.5 Å². The molecule has 0 aliphatic carbocycles. The smallest absolute Gasteiger partial charge is 0.298 e. The van der Waals surface area contributed by atoms with Crippen LogP contribution in [0.4, 0.5) is 5.13 Å². The number of anilines is 1. The number of rotatable bonds is 6. The standard InChI is InChI=1S/C17H20ClN3O3S/c1-20(2)6-3-7-21(16(22)14-11-23-8-9-24-14)17-19-13-5-4-12(18)10-15(13)25-17/h4-5,10-11H,3,6-9H2,1-2H3/p+1. The lowest BCUT2D eigenvalue weighted by atomic mass is 10.3. The third kappa shape index (κ3) is 4.42. The van der Waals surface area contributed by atoms with Gasteiger partial charge in [0.2, 0.25) is 5.76 Å². The van der Waals surface area contributed by atoms with E-state index in [4.69, 9.17) is 21.1 Å². The van der Waals surface area contributed by atoms with Crippen LogP contribution in [0.1, 0.15) is 6.42 Å². The lowest BCUT2D eigenvalue weighted by molar-refractivity contribution is -0.858. The summed E-state index contributed by atoms with van der Waals surface area (Å²) in [6.07, 6.45) is 2.25. The summed E-state index contributed by atoms with van der Waals surface area (Å²) < 4.78 is 11.6. The number of halogens is 1. The molecule has 0 atom stereocenters. The van der Waals surface area contributed by atoms with Crippen molar-refractivity contribution in [3.05, 3.63) is 35.2 Å². The first-order chi connectivity index (χ1) is 12.0. The molecule has 1 aliphatic rings. The predicted molar refractivity (Wildman–Crippen MR) is 99.3 cm³/mol. The number of carbonyl (C=O) groups excluding carboxylic acids is 1. The Morgan fingerprint density at radius 2 is 2.24 bits per heavy atom. The number of benzene rings is 1. The second-order valence-electron chi connectivity index (χ2n) is 6.08. The van der Waals surface area contributed by atoms with Gasteiger partial charge in [-0.3, -0.25) is 9.69 Å². The van der Waals surface area contributed by atoms with Crippen LogP contribution in [0, 0.1) is 0 Å². The zero-order valence-corrected chi connectivity index (χ0v) is 15.8. The van der Waals surface area contributed by atoms with Crippen molar-refractivity contribution in [1.82, 2.24) is 4.98 Å². The SMILES string of the molecule is C[NH+](C)CCCN(C(=O)C1=COCCO1)c1nc2ccc(Cl)cc2s1. The largest absolute Gasteiger partial charge is 0.494 e. The molecule has 1 amide bonds. The quantitative estimate of drug-likeness (QED) is 0.826. The van der Waals surface area contributed by atoms with Crippen molar-refractivity contribution in [2.24, 2.45) is 0 Å². The number of nitrogens with one attached hydrogen (secondary N) is 1. The second kappa shape index (κ2) is 8.03. The van der Waals surface area contributed by atoms with E-state index in [1.165, 1.54) is 22.5 Å². The van der Waals surface area contributed by atoms with Crippen molar-refractivity contribution >= 4 is 44.2 Å². The fourth-order valence-corrected chi connectivity index (χ4v) is 3.76. The number of hydrogen-bond donors (Lipinski definition) is 1. The fraction of sp³-hybridized carbons (Fsp3) is 0.412. The highest BCUT2D eigenvalue weighted by Gasteiger charge is 2.26. The minimum atomic E-state index is -0.224. The van der Waals surface area contributed by atoms with Crippen LogP contribution in [0.15, 0.2) is 30.2 Å². The molecular weight excluding hydrogens is 362 g/mol.